The number of carbonyl (C=O) groups excluding carboxylic acids is 2. The van der Waals surface area contributed by atoms with Crippen molar-refractivity contribution in [2.24, 2.45) is 0 Å². The summed E-state index contributed by atoms with van der Waals surface area (Å²) in [6.07, 6.45) is 2.54. The van der Waals surface area contributed by atoms with Crippen molar-refractivity contribution in [3.8, 4) is 5.75 Å². The molecule has 0 aliphatic rings. The molecule has 0 atom stereocenters. The Labute approximate surface area is 155 Å². The van der Waals surface area contributed by atoms with Crippen molar-refractivity contribution in [1.82, 2.24) is 0 Å². The first kappa shape index (κ1) is 19.5. The van der Waals surface area contributed by atoms with Crippen molar-refractivity contribution < 1.29 is 23.5 Å². The largest absolute Gasteiger partial charge is 0.492 e. The van der Waals surface area contributed by atoms with E-state index in [4.69, 9.17) is 21.1 Å². The Bertz CT molecular complexity index is 823. The summed E-state index contributed by atoms with van der Waals surface area (Å²) >= 11 is 5.66. The summed E-state index contributed by atoms with van der Waals surface area (Å²) in [7, 11) is 0. The van der Waals surface area contributed by atoms with Crippen molar-refractivity contribution >= 4 is 35.2 Å². The van der Waals surface area contributed by atoms with Crippen LogP contribution in [0.15, 0.2) is 48.5 Å². The summed E-state index contributed by atoms with van der Waals surface area (Å²) < 4.78 is 23.3. The third kappa shape index (κ3) is 5.89. The Morgan fingerprint density at radius 1 is 1.23 bits per heavy atom. The molecule has 0 aliphatic carbocycles. The molecule has 2 aromatic carbocycles. The van der Waals surface area contributed by atoms with Crippen LogP contribution in [-0.2, 0) is 14.3 Å². The molecular weight excluding hydrogens is 361 g/mol. The topological polar surface area (TPSA) is 64.6 Å². The number of hydrogen-bond donors (Lipinski definition) is 1. The minimum atomic E-state index is -0.710. The lowest BCUT2D eigenvalue weighted by Gasteiger charge is -2.11. The number of halogens is 2. The molecule has 2 aromatic rings. The van der Waals surface area contributed by atoms with E-state index in [1.807, 2.05) is 6.92 Å². The molecule has 0 radical (unpaired) electrons. The van der Waals surface area contributed by atoms with Crippen LogP contribution in [0.2, 0.25) is 5.02 Å². The maximum Gasteiger partial charge on any atom is 0.331 e. The highest BCUT2D eigenvalue weighted by Gasteiger charge is 2.09. The molecule has 0 bridgehead atoms. The highest BCUT2D eigenvalue weighted by molar-refractivity contribution is 6.30. The zero-order valence-corrected chi connectivity index (χ0v) is 14.8. The Balaban J connectivity index is 1.86. The lowest BCUT2D eigenvalue weighted by Crippen LogP contribution is -2.20. The first-order valence-corrected chi connectivity index (χ1v) is 8.19. The van der Waals surface area contributed by atoms with Crippen LogP contribution in [0.4, 0.5) is 10.1 Å². The van der Waals surface area contributed by atoms with E-state index in [0.29, 0.717) is 23.6 Å². The number of carbonyl (C=O) groups is 2. The first-order valence-electron chi connectivity index (χ1n) is 7.81. The number of rotatable bonds is 7. The van der Waals surface area contributed by atoms with Crippen molar-refractivity contribution in [2.75, 3.05) is 18.5 Å². The van der Waals surface area contributed by atoms with Gasteiger partial charge in [-0.1, -0.05) is 29.8 Å². The van der Waals surface area contributed by atoms with E-state index < -0.39 is 24.3 Å². The predicted molar refractivity (Wildman–Crippen MR) is 97.6 cm³/mol. The van der Waals surface area contributed by atoms with Crippen LogP contribution in [0.5, 0.6) is 5.75 Å². The first-order chi connectivity index (χ1) is 12.5. The second-order valence-electron chi connectivity index (χ2n) is 5.09. The third-order valence-electron chi connectivity index (χ3n) is 3.16. The molecule has 7 heteroatoms. The van der Waals surface area contributed by atoms with Gasteiger partial charge in [-0.2, -0.15) is 0 Å². The minimum absolute atomic E-state index is 0.0483. The lowest BCUT2D eigenvalue weighted by atomic mass is 10.2. The van der Waals surface area contributed by atoms with E-state index in [0.717, 1.165) is 6.08 Å². The summed E-state index contributed by atoms with van der Waals surface area (Å²) in [5.74, 6) is -1.22. The van der Waals surface area contributed by atoms with Gasteiger partial charge < -0.3 is 14.8 Å². The number of esters is 1. The summed E-state index contributed by atoms with van der Waals surface area (Å²) in [5.41, 5.74) is 1.02. The minimum Gasteiger partial charge on any atom is -0.492 e. The Morgan fingerprint density at radius 3 is 2.73 bits per heavy atom. The molecule has 0 saturated carbocycles. The molecule has 26 heavy (non-hydrogen) atoms. The van der Waals surface area contributed by atoms with E-state index in [2.05, 4.69) is 5.32 Å². The molecule has 1 amide bonds. The number of benzene rings is 2. The molecular formula is C19H17ClFNO4. The standard InChI is InChI=1S/C19H17ClFNO4/c1-2-25-17-6-4-3-5-16(17)22-18(23)12-26-19(24)10-8-13-7-9-15(21)14(20)11-13/h3-11H,2,12H2,1H3,(H,22,23)/b10-8+. The maximum absolute atomic E-state index is 13.1. The summed E-state index contributed by atoms with van der Waals surface area (Å²) in [4.78, 5) is 23.6. The fourth-order valence-electron chi connectivity index (χ4n) is 2.00. The smallest absolute Gasteiger partial charge is 0.331 e. The van der Waals surface area contributed by atoms with Gasteiger partial charge in [0.1, 0.15) is 11.6 Å². The van der Waals surface area contributed by atoms with Gasteiger partial charge in [-0.3, -0.25) is 4.79 Å². The number of para-hydroxylation sites is 2. The van der Waals surface area contributed by atoms with Crippen LogP contribution in [0.25, 0.3) is 6.08 Å². The predicted octanol–water partition coefficient (Wildman–Crippen LogP) is 4.07. The Morgan fingerprint density at radius 2 is 2.00 bits per heavy atom. The van der Waals surface area contributed by atoms with Gasteiger partial charge in [0.2, 0.25) is 0 Å². The van der Waals surface area contributed by atoms with Crippen molar-refractivity contribution in [1.29, 1.82) is 0 Å². The van der Waals surface area contributed by atoms with E-state index in [9.17, 15) is 14.0 Å². The van der Waals surface area contributed by atoms with Crippen LogP contribution in [0, 0.1) is 5.82 Å². The van der Waals surface area contributed by atoms with Crippen molar-refractivity contribution in [2.45, 2.75) is 6.92 Å². The summed E-state index contributed by atoms with van der Waals surface area (Å²) in [6.45, 7) is 1.84. The lowest BCUT2D eigenvalue weighted by molar-refractivity contribution is -0.142. The van der Waals surface area contributed by atoms with E-state index in [-0.39, 0.29) is 5.02 Å². The maximum atomic E-state index is 13.1. The molecule has 0 aromatic heterocycles. The quantitative estimate of drug-likeness (QED) is 0.583. The molecule has 2 rings (SSSR count). The average molecular weight is 378 g/mol. The Kier molecular flexibility index (Phi) is 7.17. The molecule has 0 spiro atoms. The monoisotopic (exact) mass is 377 g/mol. The number of ether oxygens (including phenoxy) is 2. The van der Waals surface area contributed by atoms with Gasteiger partial charge in [0, 0.05) is 6.08 Å². The Hall–Kier alpha value is -2.86. The third-order valence-corrected chi connectivity index (χ3v) is 3.45. The highest BCUT2D eigenvalue weighted by Crippen LogP contribution is 2.23. The summed E-state index contributed by atoms with van der Waals surface area (Å²) in [6, 6.07) is 11.0. The second kappa shape index (κ2) is 9.58. The molecule has 136 valence electrons. The SMILES string of the molecule is CCOc1ccccc1NC(=O)COC(=O)/C=C/c1ccc(F)c(Cl)c1. The van der Waals surface area contributed by atoms with Gasteiger partial charge in [-0.05, 0) is 42.8 Å². The zero-order chi connectivity index (χ0) is 18.9. The van der Waals surface area contributed by atoms with Gasteiger partial charge in [0.15, 0.2) is 6.61 Å². The molecule has 0 aliphatic heterocycles. The van der Waals surface area contributed by atoms with E-state index in [1.54, 1.807) is 24.3 Å². The van der Waals surface area contributed by atoms with Crippen LogP contribution < -0.4 is 10.1 Å². The summed E-state index contributed by atoms with van der Waals surface area (Å²) in [5, 5.41) is 2.57. The van der Waals surface area contributed by atoms with Crippen LogP contribution in [-0.4, -0.2) is 25.1 Å². The fraction of sp³-hybridized carbons (Fsp3) is 0.158. The van der Waals surface area contributed by atoms with Crippen LogP contribution >= 0.6 is 11.6 Å². The highest BCUT2D eigenvalue weighted by atomic mass is 35.5. The fourth-order valence-corrected chi connectivity index (χ4v) is 2.19. The zero-order valence-electron chi connectivity index (χ0n) is 14.0. The van der Waals surface area contributed by atoms with Gasteiger partial charge in [-0.15, -0.1) is 0 Å². The van der Waals surface area contributed by atoms with Crippen molar-refractivity contribution in [3.63, 3.8) is 0 Å². The average Bonchev–Trinajstić information content (AvgIpc) is 2.63. The van der Waals surface area contributed by atoms with Gasteiger partial charge in [0.25, 0.3) is 5.91 Å². The molecule has 1 N–H and O–H groups in total. The van der Waals surface area contributed by atoms with Crippen LogP contribution in [0.3, 0.4) is 0 Å². The van der Waals surface area contributed by atoms with Gasteiger partial charge in [-0.25, -0.2) is 9.18 Å². The van der Waals surface area contributed by atoms with Gasteiger partial charge in [0.05, 0.1) is 17.3 Å². The normalized spacial score (nSPS) is 10.6. The van der Waals surface area contributed by atoms with E-state index in [1.165, 1.54) is 24.3 Å². The molecule has 0 unspecified atom stereocenters. The number of anilines is 1. The van der Waals surface area contributed by atoms with E-state index >= 15 is 0 Å². The molecule has 0 saturated heterocycles. The number of hydrogen-bond acceptors (Lipinski definition) is 4. The number of nitrogens with one attached hydrogen (secondary N) is 1. The van der Waals surface area contributed by atoms with Crippen LogP contribution in [0.1, 0.15) is 12.5 Å². The molecule has 0 fully saturated rings. The number of amides is 1. The second-order valence-corrected chi connectivity index (χ2v) is 5.50. The van der Waals surface area contributed by atoms with Gasteiger partial charge >= 0.3 is 5.97 Å². The van der Waals surface area contributed by atoms with Crippen molar-refractivity contribution in [3.05, 3.63) is 64.9 Å². The molecule has 5 nitrogen and oxygen atoms in total. The molecule has 0 heterocycles.